The van der Waals surface area contributed by atoms with E-state index in [4.69, 9.17) is 5.11 Å². The number of carboxylic acids is 1. The van der Waals surface area contributed by atoms with Crippen molar-refractivity contribution in [2.45, 2.75) is 12.8 Å². The summed E-state index contributed by atoms with van der Waals surface area (Å²) in [5.74, 6) is -1.13. The monoisotopic (exact) mass is 311 g/mol. The third-order valence-electron chi connectivity index (χ3n) is 3.51. The van der Waals surface area contributed by atoms with Crippen LogP contribution >= 0.6 is 0 Å². The van der Waals surface area contributed by atoms with Crippen LogP contribution in [0.25, 0.3) is 0 Å². The molecule has 1 saturated heterocycles. The van der Waals surface area contributed by atoms with Crippen LogP contribution in [0.1, 0.15) is 22.3 Å². The fraction of sp³-hybridized carbons (Fsp3) is 0.429. The van der Waals surface area contributed by atoms with Gasteiger partial charge >= 0.3 is 5.97 Å². The summed E-state index contributed by atoms with van der Waals surface area (Å²) < 4.78 is 22.6. The van der Waals surface area contributed by atoms with Crippen LogP contribution in [0.15, 0.2) is 24.3 Å². The third-order valence-corrected chi connectivity index (χ3v) is 5.35. The Hall–Kier alpha value is -1.89. The SMILES string of the molecule is O=C(Cc1ccccc1C(=O)O)NCC1CCS(=O)(=O)C1. The highest BCUT2D eigenvalue weighted by molar-refractivity contribution is 7.91. The summed E-state index contributed by atoms with van der Waals surface area (Å²) in [5, 5.41) is 11.7. The lowest BCUT2D eigenvalue weighted by atomic mass is 10.0. The van der Waals surface area contributed by atoms with Gasteiger partial charge in [0.1, 0.15) is 0 Å². The van der Waals surface area contributed by atoms with E-state index in [2.05, 4.69) is 5.32 Å². The van der Waals surface area contributed by atoms with Gasteiger partial charge in [0.25, 0.3) is 0 Å². The Bertz CT molecular complexity index is 653. The van der Waals surface area contributed by atoms with Crippen LogP contribution in [0.3, 0.4) is 0 Å². The summed E-state index contributed by atoms with van der Waals surface area (Å²) in [6, 6.07) is 6.34. The molecule has 0 aliphatic carbocycles. The van der Waals surface area contributed by atoms with E-state index >= 15 is 0 Å². The van der Waals surface area contributed by atoms with Crippen molar-refractivity contribution in [3.63, 3.8) is 0 Å². The summed E-state index contributed by atoms with van der Waals surface area (Å²) in [6.45, 7) is 0.313. The first-order valence-corrected chi connectivity index (χ1v) is 8.48. The largest absolute Gasteiger partial charge is 0.478 e. The number of carbonyl (C=O) groups is 2. The molecule has 2 N–H and O–H groups in total. The van der Waals surface area contributed by atoms with Gasteiger partial charge in [-0.3, -0.25) is 4.79 Å². The highest BCUT2D eigenvalue weighted by Crippen LogP contribution is 2.17. The van der Waals surface area contributed by atoms with Gasteiger partial charge in [0, 0.05) is 6.54 Å². The second-order valence-corrected chi connectivity index (χ2v) is 7.44. The molecule has 0 spiro atoms. The minimum Gasteiger partial charge on any atom is -0.478 e. The Morgan fingerprint density at radius 3 is 2.62 bits per heavy atom. The van der Waals surface area contributed by atoms with Crippen molar-refractivity contribution < 1.29 is 23.1 Å². The van der Waals surface area contributed by atoms with Crippen LogP contribution in [0.4, 0.5) is 0 Å². The van der Waals surface area contributed by atoms with Gasteiger partial charge in [-0.15, -0.1) is 0 Å². The molecule has 21 heavy (non-hydrogen) atoms. The molecule has 1 fully saturated rings. The molecule has 1 aromatic carbocycles. The Morgan fingerprint density at radius 1 is 1.29 bits per heavy atom. The van der Waals surface area contributed by atoms with Crippen LogP contribution in [-0.4, -0.2) is 43.5 Å². The Labute approximate surface area is 123 Å². The predicted octanol–water partition coefficient (Wildman–Crippen LogP) is 0.478. The molecule has 0 radical (unpaired) electrons. The molecular formula is C14H17NO5S. The highest BCUT2D eigenvalue weighted by atomic mass is 32.2. The summed E-state index contributed by atoms with van der Waals surface area (Å²) in [6.07, 6.45) is 0.538. The third kappa shape index (κ3) is 4.29. The molecule has 1 atom stereocenters. The Morgan fingerprint density at radius 2 is 2.00 bits per heavy atom. The normalized spacial score (nSPS) is 20.1. The maximum Gasteiger partial charge on any atom is 0.335 e. The van der Waals surface area contributed by atoms with Crippen LogP contribution < -0.4 is 5.32 Å². The number of sulfone groups is 1. The predicted molar refractivity (Wildman–Crippen MR) is 76.9 cm³/mol. The molecule has 1 aliphatic rings. The molecular weight excluding hydrogens is 294 g/mol. The van der Waals surface area contributed by atoms with Gasteiger partial charge in [0.2, 0.25) is 5.91 Å². The first-order valence-electron chi connectivity index (χ1n) is 6.66. The average Bonchev–Trinajstić information content (AvgIpc) is 2.76. The standard InChI is InChI=1S/C14H17NO5S/c16-13(15-8-10-5-6-21(19,20)9-10)7-11-3-1-2-4-12(11)14(17)18/h1-4,10H,5-9H2,(H,15,16)(H,17,18). The van der Waals surface area contributed by atoms with E-state index < -0.39 is 15.8 Å². The first kappa shape index (κ1) is 15.5. The number of nitrogens with one attached hydrogen (secondary N) is 1. The van der Waals surface area contributed by atoms with E-state index in [-0.39, 0.29) is 35.3 Å². The number of hydrogen-bond acceptors (Lipinski definition) is 4. The number of aromatic carboxylic acids is 1. The van der Waals surface area contributed by atoms with E-state index in [1.807, 2.05) is 0 Å². The van der Waals surface area contributed by atoms with E-state index in [0.29, 0.717) is 18.5 Å². The van der Waals surface area contributed by atoms with E-state index in [1.165, 1.54) is 6.07 Å². The van der Waals surface area contributed by atoms with Crippen molar-refractivity contribution in [2.75, 3.05) is 18.1 Å². The molecule has 7 heteroatoms. The van der Waals surface area contributed by atoms with Gasteiger partial charge in [-0.25, -0.2) is 13.2 Å². The number of amides is 1. The van der Waals surface area contributed by atoms with E-state index in [0.717, 1.165) is 0 Å². The molecule has 6 nitrogen and oxygen atoms in total. The smallest absolute Gasteiger partial charge is 0.335 e. The first-order chi connectivity index (χ1) is 9.87. The summed E-state index contributed by atoms with van der Waals surface area (Å²) >= 11 is 0. The lowest BCUT2D eigenvalue weighted by Gasteiger charge is -2.10. The number of benzene rings is 1. The summed E-state index contributed by atoms with van der Waals surface area (Å²) in [4.78, 5) is 22.9. The fourth-order valence-corrected chi connectivity index (χ4v) is 4.27. The lowest BCUT2D eigenvalue weighted by molar-refractivity contribution is -0.120. The Kier molecular flexibility index (Phi) is 4.62. The van der Waals surface area contributed by atoms with Gasteiger partial charge in [0.15, 0.2) is 9.84 Å². The lowest BCUT2D eigenvalue weighted by Crippen LogP contribution is -2.31. The Balaban J connectivity index is 1.90. The molecule has 1 amide bonds. The van der Waals surface area contributed by atoms with Crippen LogP contribution in [-0.2, 0) is 21.1 Å². The topological polar surface area (TPSA) is 101 Å². The van der Waals surface area contributed by atoms with Crippen molar-refractivity contribution >= 4 is 21.7 Å². The van der Waals surface area contributed by atoms with Crippen molar-refractivity contribution in [2.24, 2.45) is 5.92 Å². The molecule has 0 aromatic heterocycles. The van der Waals surface area contributed by atoms with Crippen molar-refractivity contribution in [1.82, 2.24) is 5.32 Å². The van der Waals surface area contributed by atoms with Crippen LogP contribution in [0.5, 0.6) is 0 Å². The molecule has 1 heterocycles. The quantitative estimate of drug-likeness (QED) is 0.823. The molecule has 1 unspecified atom stereocenters. The average molecular weight is 311 g/mol. The van der Waals surface area contributed by atoms with Crippen LogP contribution in [0.2, 0.25) is 0 Å². The van der Waals surface area contributed by atoms with E-state index in [1.54, 1.807) is 18.2 Å². The molecule has 114 valence electrons. The van der Waals surface area contributed by atoms with Gasteiger partial charge in [0.05, 0.1) is 23.5 Å². The molecule has 1 aliphatic heterocycles. The van der Waals surface area contributed by atoms with Crippen molar-refractivity contribution in [3.05, 3.63) is 35.4 Å². The molecule has 0 saturated carbocycles. The number of carbonyl (C=O) groups excluding carboxylic acids is 1. The highest BCUT2D eigenvalue weighted by Gasteiger charge is 2.27. The van der Waals surface area contributed by atoms with Gasteiger partial charge in [-0.1, -0.05) is 18.2 Å². The molecule has 0 bridgehead atoms. The number of rotatable bonds is 5. The maximum atomic E-state index is 11.9. The van der Waals surface area contributed by atoms with Crippen molar-refractivity contribution in [1.29, 1.82) is 0 Å². The second-order valence-electron chi connectivity index (χ2n) is 5.21. The van der Waals surface area contributed by atoms with Crippen LogP contribution in [0, 0.1) is 5.92 Å². The zero-order valence-corrected chi connectivity index (χ0v) is 12.2. The summed E-state index contributed by atoms with van der Waals surface area (Å²) in [5.41, 5.74) is 0.553. The van der Waals surface area contributed by atoms with Gasteiger partial charge in [-0.05, 0) is 24.0 Å². The molecule has 1 aromatic rings. The fourth-order valence-electron chi connectivity index (χ4n) is 2.41. The maximum absolute atomic E-state index is 11.9. The van der Waals surface area contributed by atoms with Crippen molar-refractivity contribution in [3.8, 4) is 0 Å². The van der Waals surface area contributed by atoms with Gasteiger partial charge < -0.3 is 10.4 Å². The second kappa shape index (κ2) is 6.26. The minimum atomic E-state index is -2.95. The number of hydrogen-bond donors (Lipinski definition) is 2. The minimum absolute atomic E-state index is 0.0258. The zero-order chi connectivity index (χ0) is 15.5. The zero-order valence-electron chi connectivity index (χ0n) is 11.4. The number of carboxylic acid groups (broad SMARTS) is 1. The molecule has 2 rings (SSSR count). The summed E-state index contributed by atoms with van der Waals surface area (Å²) in [7, 11) is -2.95. The van der Waals surface area contributed by atoms with E-state index in [9.17, 15) is 18.0 Å². The van der Waals surface area contributed by atoms with Gasteiger partial charge in [-0.2, -0.15) is 0 Å².